The molecule has 0 aliphatic heterocycles. The van der Waals surface area contributed by atoms with E-state index in [1.165, 1.54) is 37.9 Å². The number of rotatable bonds is 5. The number of aliphatic hydroxyl groups excluding tert-OH is 1. The Morgan fingerprint density at radius 2 is 2.06 bits per heavy atom. The van der Waals surface area contributed by atoms with E-state index in [1.54, 1.807) is 0 Å². The molecule has 3 rings (SSSR count). The Morgan fingerprint density at radius 1 is 1.33 bits per heavy atom. The molecule has 0 heterocycles. The van der Waals surface area contributed by atoms with Crippen molar-refractivity contribution < 1.29 is 5.11 Å². The second-order valence-electron chi connectivity index (χ2n) is 5.71. The van der Waals surface area contributed by atoms with Gasteiger partial charge in [0.05, 0.1) is 6.10 Å². The molecule has 0 saturated heterocycles. The quantitative estimate of drug-likeness (QED) is 0.892. The van der Waals surface area contributed by atoms with Crippen LogP contribution in [0.1, 0.15) is 44.3 Å². The third kappa shape index (κ3) is 2.72. The predicted molar refractivity (Wildman–Crippen MR) is 77.9 cm³/mol. The van der Waals surface area contributed by atoms with Crippen molar-refractivity contribution in [1.82, 2.24) is 0 Å². The second kappa shape index (κ2) is 4.86. The summed E-state index contributed by atoms with van der Waals surface area (Å²) < 4.78 is 1.02. The van der Waals surface area contributed by atoms with Crippen LogP contribution in [-0.4, -0.2) is 17.7 Å². The van der Waals surface area contributed by atoms with E-state index < -0.39 is 6.10 Å². The number of anilines is 1. The van der Waals surface area contributed by atoms with E-state index in [1.807, 2.05) is 13.0 Å². The molecule has 0 spiro atoms. The molecule has 0 amide bonds. The fourth-order valence-corrected chi connectivity index (χ4v) is 3.16. The number of aliphatic hydroxyl groups is 1. The smallest absolute Gasteiger partial charge is 0.0772 e. The van der Waals surface area contributed by atoms with E-state index in [2.05, 4.69) is 33.0 Å². The number of hydrogen-bond acceptors (Lipinski definition) is 2. The molecule has 2 aliphatic rings. The molecule has 0 unspecified atom stereocenters. The van der Waals surface area contributed by atoms with Crippen LogP contribution in [0.3, 0.4) is 0 Å². The Kier molecular flexibility index (Phi) is 3.37. The van der Waals surface area contributed by atoms with Gasteiger partial charge in [0.1, 0.15) is 0 Å². The van der Waals surface area contributed by atoms with Gasteiger partial charge in [-0.05, 0) is 56.2 Å². The molecule has 98 valence electrons. The van der Waals surface area contributed by atoms with E-state index in [0.29, 0.717) is 0 Å². The summed E-state index contributed by atoms with van der Waals surface area (Å²) in [4.78, 5) is 2.56. The Hall–Kier alpha value is -0.540. The van der Waals surface area contributed by atoms with Crippen LogP contribution in [0.5, 0.6) is 0 Å². The molecule has 2 nitrogen and oxygen atoms in total. The number of halogens is 1. The highest BCUT2D eigenvalue weighted by Crippen LogP contribution is 2.39. The predicted octanol–water partition coefficient (Wildman–Crippen LogP) is 3.88. The summed E-state index contributed by atoms with van der Waals surface area (Å²) in [7, 11) is 0. The Balaban J connectivity index is 1.82. The van der Waals surface area contributed by atoms with Crippen LogP contribution < -0.4 is 4.90 Å². The van der Waals surface area contributed by atoms with Gasteiger partial charge >= 0.3 is 0 Å². The van der Waals surface area contributed by atoms with Gasteiger partial charge in [-0.3, -0.25) is 0 Å². The summed E-state index contributed by atoms with van der Waals surface area (Å²) in [6, 6.07) is 7.14. The maximum atomic E-state index is 9.67. The summed E-state index contributed by atoms with van der Waals surface area (Å²) in [5.41, 5.74) is 2.28. The van der Waals surface area contributed by atoms with E-state index in [-0.39, 0.29) is 0 Å². The molecule has 1 aromatic rings. The Morgan fingerprint density at radius 3 is 2.56 bits per heavy atom. The zero-order valence-electron chi connectivity index (χ0n) is 10.8. The van der Waals surface area contributed by atoms with Gasteiger partial charge in [-0.15, -0.1) is 0 Å². The van der Waals surface area contributed by atoms with Crippen LogP contribution in [0.4, 0.5) is 5.69 Å². The summed E-state index contributed by atoms with van der Waals surface area (Å²) in [6.07, 6.45) is 5.06. The summed E-state index contributed by atoms with van der Waals surface area (Å²) in [5.74, 6) is 0.917. The molecule has 1 atom stereocenters. The van der Waals surface area contributed by atoms with Crippen molar-refractivity contribution in [1.29, 1.82) is 0 Å². The van der Waals surface area contributed by atoms with E-state index in [9.17, 15) is 5.11 Å². The highest BCUT2D eigenvalue weighted by atomic mass is 79.9. The van der Waals surface area contributed by atoms with Gasteiger partial charge in [-0.1, -0.05) is 22.0 Å². The fraction of sp³-hybridized carbons (Fsp3) is 0.600. The third-order valence-corrected chi connectivity index (χ3v) is 4.59. The second-order valence-corrected chi connectivity index (χ2v) is 6.56. The first kappa shape index (κ1) is 12.5. The minimum Gasteiger partial charge on any atom is -0.389 e. The van der Waals surface area contributed by atoms with Gasteiger partial charge < -0.3 is 10.0 Å². The first-order valence-electron chi connectivity index (χ1n) is 6.89. The lowest BCUT2D eigenvalue weighted by molar-refractivity contribution is 0.198. The molecule has 2 saturated carbocycles. The average Bonchev–Trinajstić information content (AvgIpc) is 3.18. The topological polar surface area (TPSA) is 23.5 Å². The number of hydrogen-bond donors (Lipinski definition) is 1. The molecular formula is C15H20BrNO. The molecule has 0 aromatic heterocycles. The van der Waals surface area contributed by atoms with Crippen molar-refractivity contribution in [3.05, 3.63) is 28.2 Å². The van der Waals surface area contributed by atoms with Gasteiger partial charge in [-0.2, -0.15) is 0 Å². The molecule has 2 fully saturated rings. The molecule has 2 aliphatic carbocycles. The maximum absolute atomic E-state index is 9.67. The normalized spacial score (nSPS) is 20.8. The summed E-state index contributed by atoms with van der Waals surface area (Å²) in [6.45, 7) is 3.02. The maximum Gasteiger partial charge on any atom is 0.0772 e. The number of benzene rings is 1. The van der Waals surface area contributed by atoms with Crippen LogP contribution in [0.25, 0.3) is 0 Å². The standard InChI is InChI=1S/C15H20BrNO/c1-10(18)14-7-6-13(8-15(14)16)17(12-4-5-12)9-11-2-3-11/h6-8,10-12,18H,2-5,9H2,1H3/t10-/m0/s1. The first-order chi connectivity index (χ1) is 8.65. The minimum atomic E-state index is -0.411. The van der Waals surface area contributed by atoms with Crippen LogP contribution in [0, 0.1) is 5.92 Å². The average molecular weight is 310 g/mol. The molecular weight excluding hydrogens is 290 g/mol. The van der Waals surface area contributed by atoms with Crippen molar-refractivity contribution >= 4 is 21.6 Å². The van der Waals surface area contributed by atoms with Crippen molar-refractivity contribution in [2.45, 2.75) is 44.8 Å². The fourth-order valence-electron chi connectivity index (χ4n) is 2.46. The van der Waals surface area contributed by atoms with Crippen LogP contribution in [0.15, 0.2) is 22.7 Å². The molecule has 0 radical (unpaired) electrons. The van der Waals surface area contributed by atoms with Gasteiger partial charge in [-0.25, -0.2) is 0 Å². The van der Waals surface area contributed by atoms with Gasteiger partial charge in [0.15, 0.2) is 0 Å². The molecule has 0 bridgehead atoms. The van der Waals surface area contributed by atoms with E-state index in [4.69, 9.17) is 0 Å². The lowest BCUT2D eigenvalue weighted by atomic mass is 10.1. The van der Waals surface area contributed by atoms with Gasteiger partial charge in [0, 0.05) is 22.7 Å². The Labute approximate surface area is 117 Å². The lowest BCUT2D eigenvalue weighted by Crippen LogP contribution is -2.28. The van der Waals surface area contributed by atoms with Crippen LogP contribution >= 0.6 is 15.9 Å². The third-order valence-electron chi connectivity index (χ3n) is 3.91. The van der Waals surface area contributed by atoms with Crippen molar-refractivity contribution in [2.24, 2.45) is 5.92 Å². The van der Waals surface area contributed by atoms with Crippen molar-refractivity contribution in [3.8, 4) is 0 Å². The van der Waals surface area contributed by atoms with Crippen molar-refractivity contribution in [2.75, 3.05) is 11.4 Å². The lowest BCUT2D eigenvalue weighted by Gasteiger charge is -2.25. The number of nitrogens with zero attached hydrogens (tertiary/aromatic N) is 1. The molecule has 18 heavy (non-hydrogen) atoms. The highest BCUT2D eigenvalue weighted by molar-refractivity contribution is 9.10. The largest absolute Gasteiger partial charge is 0.389 e. The highest BCUT2D eigenvalue weighted by Gasteiger charge is 2.33. The van der Waals surface area contributed by atoms with E-state index >= 15 is 0 Å². The van der Waals surface area contributed by atoms with Gasteiger partial charge in [0.25, 0.3) is 0 Å². The molecule has 1 N–H and O–H groups in total. The summed E-state index contributed by atoms with van der Waals surface area (Å²) >= 11 is 3.58. The van der Waals surface area contributed by atoms with Crippen LogP contribution in [-0.2, 0) is 0 Å². The van der Waals surface area contributed by atoms with Gasteiger partial charge in [0.2, 0.25) is 0 Å². The zero-order valence-corrected chi connectivity index (χ0v) is 12.4. The minimum absolute atomic E-state index is 0.411. The van der Waals surface area contributed by atoms with E-state index in [0.717, 1.165) is 22.0 Å². The Bertz CT molecular complexity index is 438. The molecule has 3 heteroatoms. The SMILES string of the molecule is C[C@H](O)c1ccc(N(CC2CC2)C2CC2)cc1Br. The van der Waals surface area contributed by atoms with Crippen LogP contribution in [0.2, 0.25) is 0 Å². The first-order valence-corrected chi connectivity index (χ1v) is 7.68. The zero-order chi connectivity index (χ0) is 12.7. The summed E-state index contributed by atoms with van der Waals surface area (Å²) in [5, 5.41) is 9.67. The molecule has 1 aromatic carbocycles. The monoisotopic (exact) mass is 309 g/mol. The van der Waals surface area contributed by atoms with Crippen molar-refractivity contribution in [3.63, 3.8) is 0 Å².